The molecule has 7 heteroatoms. The van der Waals surface area contributed by atoms with Crippen molar-refractivity contribution in [3.8, 4) is 0 Å². The summed E-state index contributed by atoms with van der Waals surface area (Å²) in [7, 11) is 0. The lowest BCUT2D eigenvalue weighted by Crippen LogP contribution is -2.48. The van der Waals surface area contributed by atoms with Crippen LogP contribution in [0.25, 0.3) is 0 Å². The lowest BCUT2D eigenvalue weighted by molar-refractivity contribution is -0.137. The maximum Gasteiger partial charge on any atom is 0.416 e. The van der Waals surface area contributed by atoms with E-state index in [1.54, 1.807) is 6.92 Å². The number of hydrogen-bond donors (Lipinski definition) is 2. The number of primary amides is 1. The van der Waals surface area contributed by atoms with Gasteiger partial charge in [0, 0.05) is 5.56 Å². The topological polar surface area (TPSA) is 72.2 Å². The van der Waals surface area contributed by atoms with Gasteiger partial charge in [0.05, 0.1) is 5.56 Å². The van der Waals surface area contributed by atoms with E-state index >= 15 is 0 Å². The zero-order valence-electron chi connectivity index (χ0n) is 11.7. The van der Waals surface area contributed by atoms with Crippen LogP contribution in [0.5, 0.6) is 0 Å². The van der Waals surface area contributed by atoms with Gasteiger partial charge in [-0.2, -0.15) is 13.2 Å². The molecular weight excluding hydrogens is 285 g/mol. The van der Waals surface area contributed by atoms with Gasteiger partial charge >= 0.3 is 6.18 Å². The zero-order chi connectivity index (χ0) is 16.2. The number of nitrogens with one attached hydrogen (secondary N) is 1. The molecule has 0 aliphatic heterocycles. The third kappa shape index (κ3) is 4.47. The maximum atomic E-state index is 12.4. The highest BCUT2D eigenvalue weighted by atomic mass is 19.4. The van der Waals surface area contributed by atoms with E-state index in [0.29, 0.717) is 6.42 Å². The first kappa shape index (κ1) is 17.0. The first-order chi connectivity index (χ1) is 9.66. The minimum Gasteiger partial charge on any atom is -0.368 e. The molecule has 1 aromatic rings. The quantitative estimate of drug-likeness (QED) is 0.876. The van der Waals surface area contributed by atoms with Crippen LogP contribution in [-0.4, -0.2) is 17.9 Å². The smallest absolute Gasteiger partial charge is 0.368 e. The van der Waals surface area contributed by atoms with E-state index in [0.717, 1.165) is 24.3 Å². The van der Waals surface area contributed by atoms with E-state index in [4.69, 9.17) is 5.73 Å². The highest BCUT2D eigenvalue weighted by Gasteiger charge is 2.30. The van der Waals surface area contributed by atoms with Gasteiger partial charge in [-0.25, -0.2) is 0 Å². The molecule has 0 fully saturated rings. The number of hydrogen-bond acceptors (Lipinski definition) is 2. The number of amides is 2. The van der Waals surface area contributed by atoms with Gasteiger partial charge in [0.2, 0.25) is 5.91 Å². The molecule has 4 nitrogen and oxygen atoms in total. The summed E-state index contributed by atoms with van der Waals surface area (Å²) in [6.45, 7) is 3.59. The van der Waals surface area contributed by atoms with E-state index in [1.807, 2.05) is 6.92 Å². The van der Waals surface area contributed by atoms with Crippen LogP contribution in [0.1, 0.15) is 36.2 Å². The summed E-state index contributed by atoms with van der Waals surface area (Å²) in [6.07, 6.45) is -3.83. The Labute approximate surface area is 120 Å². The molecule has 2 atom stereocenters. The van der Waals surface area contributed by atoms with E-state index in [1.165, 1.54) is 0 Å². The molecule has 3 N–H and O–H groups in total. The summed E-state index contributed by atoms with van der Waals surface area (Å²) in [5.41, 5.74) is 4.42. The molecule has 0 aromatic heterocycles. The molecule has 116 valence electrons. The molecule has 1 aromatic carbocycles. The van der Waals surface area contributed by atoms with Gasteiger partial charge in [0.15, 0.2) is 0 Å². The zero-order valence-corrected chi connectivity index (χ0v) is 11.7. The van der Waals surface area contributed by atoms with E-state index < -0.39 is 29.6 Å². The van der Waals surface area contributed by atoms with Crippen LogP contribution in [0.4, 0.5) is 13.2 Å². The fourth-order valence-corrected chi connectivity index (χ4v) is 1.76. The van der Waals surface area contributed by atoms with Crippen LogP contribution in [-0.2, 0) is 11.0 Å². The average Bonchev–Trinajstić information content (AvgIpc) is 2.42. The van der Waals surface area contributed by atoms with Crippen molar-refractivity contribution in [2.24, 2.45) is 11.7 Å². The molecule has 0 saturated carbocycles. The molecule has 0 heterocycles. The minimum absolute atomic E-state index is 0.0394. The Bertz CT molecular complexity index is 512. The molecule has 0 bridgehead atoms. The summed E-state index contributed by atoms with van der Waals surface area (Å²) in [5, 5.41) is 2.45. The van der Waals surface area contributed by atoms with Crippen LogP contribution < -0.4 is 11.1 Å². The second-order valence-corrected chi connectivity index (χ2v) is 4.81. The lowest BCUT2D eigenvalue weighted by Gasteiger charge is -2.21. The Hall–Kier alpha value is -2.05. The van der Waals surface area contributed by atoms with Crippen molar-refractivity contribution in [3.05, 3.63) is 35.4 Å². The standard InChI is InChI=1S/C14H17F3N2O2/c1-3-8(2)11(12(18)20)19-13(21)9-4-6-10(7-5-9)14(15,16)17/h4-8,11H,3H2,1-2H3,(H2,18,20)(H,19,21)/t8-,11-/m0/s1. The summed E-state index contributed by atoms with van der Waals surface area (Å²) in [5.74, 6) is -1.47. The van der Waals surface area contributed by atoms with Gasteiger partial charge in [0.1, 0.15) is 6.04 Å². The third-order valence-corrected chi connectivity index (χ3v) is 3.28. The number of alkyl halides is 3. The van der Waals surface area contributed by atoms with Crippen molar-refractivity contribution in [1.82, 2.24) is 5.32 Å². The van der Waals surface area contributed by atoms with Gasteiger partial charge in [-0.15, -0.1) is 0 Å². The Morgan fingerprint density at radius 3 is 2.14 bits per heavy atom. The van der Waals surface area contributed by atoms with Crippen molar-refractivity contribution < 1.29 is 22.8 Å². The predicted octanol–water partition coefficient (Wildman–Crippen LogP) is 2.34. The Kier molecular flexibility index (Phi) is 5.34. The van der Waals surface area contributed by atoms with E-state index in [9.17, 15) is 22.8 Å². The number of nitrogens with two attached hydrogens (primary N) is 1. The van der Waals surface area contributed by atoms with Gasteiger partial charge in [-0.3, -0.25) is 9.59 Å². The molecule has 21 heavy (non-hydrogen) atoms. The van der Waals surface area contributed by atoms with Crippen LogP contribution in [0, 0.1) is 5.92 Å². The monoisotopic (exact) mass is 302 g/mol. The van der Waals surface area contributed by atoms with Gasteiger partial charge in [0.25, 0.3) is 5.91 Å². The fourth-order valence-electron chi connectivity index (χ4n) is 1.76. The number of carbonyl (C=O) groups is 2. The highest BCUT2D eigenvalue weighted by Crippen LogP contribution is 2.29. The molecule has 2 amide bonds. The number of benzene rings is 1. The molecule has 0 radical (unpaired) electrons. The first-order valence-electron chi connectivity index (χ1n) is 6.44. The van der Waals surface area contributed by atoms with Crippen molar-refractivity contribution in [3.63, 3.8) is 0 Å². The van der Waals surface area contributed by atoms with E-state index in [-0.39, 0.29) is 11.5 Å². The van der Waals surface area contributed by atoms with Crippen LogP contribution >= 0.6 is 0 Å². The summed E-state index contributed by atoms with van der Waals surface area (Å²) in [6, 6.07) is 2.90. The third-order valence-electron chi connectivity index (χ3n) is 3.28. The number of rotatable bonds is 5. The Balaban J connectivity index is 2.86. The molecular formula is C14H17F3N2O2. The van der Waals surface area contributed by atoms with Crippen LogP contribution in [0.3, 0.4) is 0 Å². The van der Waals surface area contributed by atoms with Crippen LogP contribution in [0.2, 0.25) is 0 Å². The summed E-state index contributed by atoms with van der Waals surface area (Å²) < 4.78 is 37.3. The molecule has 1 rings (SSSR count). The van der Waals surface area contributed by atoms with Crippen molar-refractivity contribution >= 4 is 11.8 Å². The largest absolute Gasteiger partial charge is 0.416 e. The van der Waals surface area contributed by atoms with Crippen molar-refractivity contribution in [2.45, 2.75) is 32.5 Å². The molecule has 0 unspecified atom stereocenters. The molecule has 0 spiro atoms. The van der Waals surface area contributed by atoms with Crippen molar-refractivity contribution in [2.75, 3.05) is 0 Å². The summed E-state index contributed by atoms with van der Waals surface area (Å²) in [4.78, 5) is 23.3. The molecule has 0 aliphatic rings. The fraction of sp³-hybridized carbons (Fsp3) is 0.429. The van der Waals surface area contributed by atoms with Crippen molar-refractivity contribution in [1.29, 1.82) is 0 Å². The first-order valence-corrected chi connectivity index (χ1v) is 6.44. The average molecular weight is 302 g/mol. The highest BCUT2D eigenvalue weighted by molar-refractivity contribution is 5.97. The normalized spacial score (nSPS) is 14.3. The SMILES string of the molecule is CC[C@H](C)[C@H](NC(=O)c1ccc(C(F)(F)F)cc1)C(N)=O. The number of halogens is 3. The number of carbonyl (C=O) groups excluding carboxylic acids is 2. The second kappa shape index (κ2) is 6.60. The molecule has 0 aliphatic carbocycles. The van der Waals surface area contributed by atoms with E-state index in [2.05, 4.69) is 5.32 Å². The summed E-state index contributed by atoms with van der Waals surface area (Å²) >= 11 is 0. The predicted molar refractivity (Wildman–Crippen MR) is 71.3 cm³/mol. The lowest BCUT2D eigenvalue weighted by atomic mass is 9.98. The van der Waals surface area contributed by atoms with Gasteiger partial charge in [-0.05, 0) is 30.2 Å². The van der Waals surface area contributed by atoms with Gasteiger partial charge in [-0.1, -0.05) is 20.3 Å². The second-order valence-electron chi connectivity index (χ2n) is 4.81. The van der Waals surface area contributed by atoms with Gasteiger partial charge < -0.3 is 11.1 Å². The Morgan fingerprint density at radius 2 is 1.76 bits per heavy atom. The molecule has 0 saturated heterocycles. The maximum absolute atomic E-state index is 12.4. The Morgan fingerprint density at radius 1 is 1.24 bits per heavy atom. The minimum atomic E-state index is -4.46. The van der Waals surface area contributed by atoms with Crippen LogP contribution in [0.15, 0.2) is 24.3 Å².